The second-order valence-electron chi connectivity index (χ2n) is 8.34. The minimum absolute atomic E-state index is 0.0323. The first-order chi connectivity index (χ1) is 14.6. The van der Waals surface area contributed by atoms with Gasteiger partial charge in [-0.2, -0.15) is 0 Å². The van der Waals surface area contributed by atoms with Gasteiger partial charge in [0.05, 0.1) is 19.8 Å². The lowest BCUT2D eigenvalue weighted by atomic mass is 10.0. The lowest BCUT2D eigenvalue weighted by Crippen LogP contribution is -2.52. The molecule has 0 aromatic heterocycles. The minimum atomic E-state index is -4.26. The van der Waals surface area contributed by atoms with Gasteiger partial charge in [0.25, 0.3) is 7.82 Å². The van der Waals surface area contributed by atoms with Crippen LogP contribution < -0.4 is 10.6 Å². The van der Waals surface area contributed by atoms with Crippen LogP contribution in [0, 0.1) is 0 Å². The molecule has 0 aromatic carbocycles. The quantitative estimate of drug-likeness (QED) is 0.206. The van der Waals surface area contributed by atoms with E-state index in [1.165, 1.54) is 83.5 Å². The fourth-order valence-electron chi connectivity index (χ4n) is 3.64. The van der Waals surface area contributed by atoms with E-state index in [0.717, 1.165) is 12.8 Å². The van der Waals surface area contributed by atoms with Crippen molar-refractivity contribution in [3.8, 4) is 0 Å². The highest BCUT2D eigenvalue weighted by Crippen LogP contribution is 2.38. The molecule has 0 aromatic rings. The molecule has 3 atom stereocenters. The highest BCUT2D eigenvalue weighted by molar-refractivity contribution is 7.45. The smallest absolute Gasteiger partial charge is 0.268 e. The minimum Gasteiger partial charge on any atom is -0.756 e. The standard InChI is InChI=1S/C22H46NO6P/c1-2-3-4-5-6-7-8-9-10-11-12-13-14-15-16-22-26-19-21(29-22)20-28-30(24,25)27-18-17-23/h21-22H,2-20,23H2,1H3,(H,24,25). The Kier molecular flexibility index (Phi) is 17.3. The molecule has 1 aliphatic heterocycles. The summed E-state index contributed by atoms with van der Waals surface area (Å²) in [6, 6.07) is 0. The molecular formula is C22H46NO6P. The molecule has 0 spiro atoms. The normalized spacial score (nSPS) is 21.2. The van der Waals surface area contributed by atoms with E-state index < -0.39 is 7.82 Å². The van der Waals surface area contributed by atoms with Gasteiger partial charge in [0.15, 0.2) is 6.29 Å². The first kappa shape index (κ1) is 28.0. The molecule has 0 radical (unpaired) electrons. The zero-order valence-corrected chi connectivity index (χ0v) is 20.1. The Bertz CT molecular complexity index is 440. The Hall–Kier alpha value is -0.0100. The van der Waals surface area contributed by atoms with Gasteiger partial charge in [-0.15, -0.1) is 0 Å². The second-order valence-corrected chi connectivity index (χ2v) is 9.75. The SMILES string of the molecule is CCCCCCCCCCCCCCCCC1OCC(COP(=O)([O-])OCC[NH3+])O1. The van der Waals surface area contributed by atoms with Crippen molar-refractivity contribution in [2.75, 3.05) is 26.4 Å². The van der Waals surface area contributed by atoms with Crippen molar-refractivity contribution in [2.45, 2.75) is 116 Å². The molecule has 30 heavy (non-hydrogen) atoms. The van der Waals surface area contributed by atoms with Crippen molar-refractivity contribution in [2.24, 2.45) is 0 Å². The third-order valence-corrected chi connectivity index (χ3v) is 6.38. The summed E-state index contributed by atoms with van der Waals surface area (Å²) in [5.74, 6) is 0. The average Bonchev–Trinajstić information content (AvgIpc) is 3.19. The van der Waals surface area contributed by atoms with Crippen LogP contribution >= 0.6 is 7.82 Å². The molecule has 7 nitrogen and oxygen atoms in total. The molecule has 0 aliphatic carbocycles. The van der Waals surface area contributed by atoms with Gasteiger partial charge in [0.1, 0.15) is 12.7 Å². The van der Waals surface area contributed by atoms with Gasteiger partial charge in [-0.05, 0) is 12.8 Å². The lowest BCUT2D eigenvalue weighted by Gasteiger charge is -2.23. The van der Waals surface area contributed by atoms with Crippen molar-refractivity contribution in [1.82, 2.24) is 0 Å². The summed E-state index contributed by atoms with van der Waals surface area (Å²) in [5.41, 5.74) is 3.53. The van der Waals surface area contributed by atoms with Gasteiger partial charge >= 0.3 is 0 Å². The van der Waals surface area contributed by atoms with Crippen LogP contribution in [0.5, 0.6) is 0 Å². The highest BCUT2D eigenvalue weighted by atomic mass is 31.2. The molecule has 0 bridgehead atoms. The summed E-state index contributed by atoms with van der Waals surface area (Å²) in [5, 5.41) is 0. The van der Waals surface area contributed by atoms with Gasteiger partial charge in [0.2, 0.25) is 0 Å². The molecule has 1 rings (SSSR count). The molecule has 1 saturated heterocycles. The Balaban J connectivity index is 1.86. The topological polar surface area (TPSA) is 105 Å². The van der Waals surface area contributed by atoms with Crippen molar-refractivity contribution < 1.29 is 33.7 Å². The number of rotatable bonds is 21. The maximum absolute atomic E-state index is 11.5. The van der Waals surface area contributed by atoms with E-state index in [2.05, 4.69) is 17.2 Å². The number of phosphoric acid groups is 1. The van der Waals surface area contributed by atoms with Crippen LogP contribution in [-0.2, 0) is 23.1 Å². The number of quaternary nitrogens is 1. The Labute approximate surface area is 184 Å². The molecule has 3 N–H and O–H groups in total. The Morgan fingerprint density at radius 2 is 1.43 bits per heavy atom. The first-order valence-electron chi connectivity index (χ1n) is 12.2. The maximum atomic E-state index is 11.5. The van der Waals surface area contributed by atoms with E-state index in [1.807, 2.05) is 0 Å². The van der Waals surface area contributed by atoms with E-state index in [9.17, 15) is 9.46 Å². The zero-order valence-electron chi connectivity index (χ0n) is 19.2. The molecule has 1 fully saturated rings. The van der Waals surface area contributed by atoms with Crippen molar-refractivity contribution in [3.63, 3.8) is 0 Å². The largest absolute Gasteiger partial charge is 0.756 e. The van der Waals surface area contributed by atoms with Crippen molar-refractivity contribution in [1.29, 1.82) is 0 Å². The summed E-state index contributed by atoms with van der Waals surface area (Å²) < 4.78 is 32.3. The van der Waals surface area contributed by atoms with E-state index in [-0.39, 0.29) is 25.6 Å². The lowest BCUT2D eigenvalue weighted by molar-refractivity contribution is -0.373. The number of phosphoric ester groups is 1. The monoisotopic (exact) mass is 451 g/mol. The Morgan fingerprint density at radius 3 is 1.97 bits per heavy atom. The number of hydrogen-bond acceptors (Lipinski definition) is 6. The predicted molar refractivity (Wildman–Crippen MR) is 117 cm³/mol. The molecule has 1 aliphatic rings. The molecule has 1 heterocycles. The average molecular weight is 452 g/mol. The van der Waals surface area contributed by atoms with Gasteiger partial charge in [-0.3, -0.25) is 4.57 Å². The first-order valence-corrected chi connectivity index (χ1v) is 13.7. The van der Waals surface area contributed by atoms with E-state index in [1.54, 1.807) is 0 Å². The van der Waals surface area contributed by atoms with Gasteiger partial charge < -0.3 is 29.1 Å². The molecule has 8 heteroatoms. The van der Waals surface area contributed by atoms with Gasteiger partial charge in [-0.25, -0.2) is 0 Å². The van der Waals surface area contributed by atoms with E-state index in [4.69, 9.17) is 14.0 Å². The van der Waals surface area contributed by atoms with Crippen LogP contribution in [0.2, 0.25) is 0 Å². The van der Waals surface area contributed by atoms with Crippen LogP contribution in [0.4, 0.5) is 0 Å². The predicted octanol–water partition coefficient (Wildman–Crippen LogP) is 4.34. The molecule has 0 amide bonds. The fraction of sp³-hybridized carbons (Fsp3) is 1.00. The van der Waals surface area contributed by atoms with Crippen molar-refractivity contribution >= 4 is 7.82 Å². The third-order valence-electron chi connectivity index (χ3n) is 5.42. The summed E-state index contributed by atoms with van der Waals surface area (Å²) >= 11 is 0. The van der Waals surface area contributed by atoms with E-state index >= 15 is 0 Å². The number of unbranched alkanes of at least 4 members (excludes halogenated alkanes) is 13. The molecule has 0 saturated carbocycles. The molecule has 180 valence electrons. The third kappa shape index (κ3) is 15.7. The van der Waals surface area contributed by atoms with Crippen molar-refractivity contribution in [3.05, 3.63) is 0 Å². The van der Waals surface area contributed by atoms with Gasteiger partial charge in [-0.1, -0.05) is 90.4 Å². The fourth-order valence-corrected chi connectivity index (χ4v) is 4.42. The summed E-state index contributed by atoms with van der Waals surface area (Å²) in [6.07, 6.45) is 19.0. The van der Waals surface area contributed by atoms with Crippen LogP contribution in [0.1, 0.15) is 103 Å². The van der Waals surface area contributed by atoms with E-state index in [0.29, 0.717) is 13.2 Å². The van der Waals surface area contributed by atoms with Crippen LogP contribution in [0.15, 0.2) is 0 Å². The van der Waals surface area contributed by atoms with Crippen LogP contribution in [-0.4, -0.2) is 38.8 Å². The second kappa shape index (κ2) is 18.6. The highest BCUT2D eigenvalue weighted by Gasteiger charge is 2.27. The maximum Gasteiger partial charge on any atom is 0.268 e. The molecular weight excluding hydrogens is 405 g/mol. The summed E-state index contributed by atoms with van der Waals surface area (Å²) in [6.45, 7) is 2.97. The molecule has 3 unspecified atom stereocenters. The summed E-state index contributed by atoms with van der Waals surface area (Å²) in [4.78, 5) is 11.5. The van der Waals surface area contributed by atoms with Crippen LogP contribution in [0.3, 0.4) is 0 Å². The van der Waals surface area contributed by atoms with Gasteiger partial charge in [0, 0.05) is 0 Å². The van der Waals surface area contributed by atoms with Crippen LogP contribution in [0.25, 0.3) is 0 Å². The zero-order chi connectivity index (χ0) is 21.9. The number of ether oxygens (including phenoxy) is 2. The Morgan fingerprint density at radius 1 is 0.900 bits per heavy atom. The summed E-state index contributed by atoms with van der Waals surface area (Å²) in [7, 11) is -4.26. The number of hydrogen-bond donors (Lipinski definition) is 1.